The van der Waals surface area contributed by atoms with Gasteiger partial charge in [-0.3, -0.25) is 4.79 Å². The van der Waals surface area contributed by atoms with E-state index in [-0.39, 0.29) is 11.8 Å². The third kappa shape index (κ3) is 2.88. The van der Waals surface area contributed by atoms with Gasteiger partial charge >= 0.3 is 0 Å². The Kier molecular flexibility index (Phi) is 3.87. The maximum atomic E-state index is 12.4. The summed E-state index contributed by atoms with van der Waals surface area (Å²) in [5.41, 5.74) is 2.77. The number of nitrogens with one attached hydrogen (secondary N) is 1. The molecule has 0 aliphatic carbocycles. The Labute approximate surface area is 135 Å². The van der Waals surface area contributed by atoms with E-state index >= 15 is 0 Å². The highest BCUT2D eigenvalue weighted by Crippen LogP contribution is 2.29. The second-order valence-corrected chi connectivity index (χ2v) is 6.29. The molecule has 2 aliphatic heterocycles. The summed E-state index contributed by atoms with van der Waals surface area (Å²) in [6.45, 7) is 2.23. The van der Waals surface area contributed by atoms with E-state index in [1.807, 2.05) is 24.3 Å². The number of amides is 1. The van der Waals surface area contributed by atoms with Crippen LogP contribution in [0.15, 0.2) is 30.5 Å². The average molecular weight is 311 g/mol. The number of aromatic nitrogens is 2. The van der Waals surface area contributed by atoms with Crippen LogP contribution >= 0.6 is 0 Å². The molecule has 1 aromatic heterocycles. The zero-order valence-corrected chi connectivity index (χ0v) is 13.1. The van der Waals surface area contributed by atoms with Crippen LogP contribution in [0.4, 0.5) is 5.69 Å². The molecule has 1 saturated heterocycles. The normalized spacial score (nSPS) is 20.3. The highest BCUT2D eigenvalue weighted by Gasteiger charge is 2.24. The van der Waals surface area contributed by atoms with Crippen molar-refractivity contribution in [2.75, 3.05) is 18.5 Å². The first-order valence-electron chi connectivity index (χ1n) is 8.35. The molecule has 1 amide bonds. The minimum Gasteiger partial charge on any atom is -0.381 e. The van der Waals surface area contributed by atoms with Crippen LogP contribution in [0.3, 0.4) is 0 Å². The molecular weight excluding hydrogens is 290 g/mol. The number of hydrogen-bond donors (Lipinski definition) is 1. The van der Waals surface area contributed by atoms with Crippen molar-refractivity contribution in [2.45, 2.75) is 32.2 Å². The summed E-state index contributed by atoms with van der Waals surface area (Å²) in [6.07, 6.45) is 6.36. The number of rotatable bonds is 3. The fraction of sp³-hybridized carbons (Fsp3) is 0.444. The summed E-state index contributed by atoms with van der Waals surface area (Å²) < 4.78 is 7.55. The Morgan fingerprint density at radius 1 is 1.30 bits per heavy atom. The van der Waals surface area contributed by atoms with Crippen LogP contribution in [0, 0.1) is 5.92 Å². The number of para-hydroxylation sites is 1. The van der Waals surface area contributed by atoms with Gasteiger partial charge in [0.25, 0.3) is 0 Å². The van der Waals surface area contributed by atoms with Crippen LogP contribution in [0.25, 0.3) is 11.3 Å². The van der Waals surface area contributed by atoms with Crippen LogP contribution in [-0.4, -0.2) is 28.7 Å². The molecule has 3 heterocycles. The zero-order valence-electron chi connectivity index (χ0n) is 13.1. The third-order valence-corrected chi connectivity index (χ3v) is 4.67. The Morgan fingerprint density at radius 2 is 2.22 bits per heavy atom. The number of anilines is 1. The van der Waals surface area contributed by atoms with Crippen molar-refractivity contribution in [1.29, 1.82) is 0 Å². The van der Waals surface area contributed by atoms with Crippen LogP contribution < -0.4 is 5.32 Å². The second-order valence-electron chi connectivity index (χ2n) is 6.29. The molecule has 5 heteroatoms. The molecular formula is C18H21N3O2. The van der Waals surface area contributed by atoms with Crippen LogP contribution in [0.1, 0.15) is 25.1 Å². The Hall–Kier alpha value is -2.14. The van der Waals surface area contributed by atoms with Crippen molar-refractivity contribution in [3.8, 4) is 11.3 Å². The molecule has 1 atom stereocenters. The lowest BCUT2D eigenvalue weighted by molar-refractivity contribution is -0.119. The number of ether oxygens (including phenoxy) is 1. The second kappa shape index (κ2) is 6.16. The van der Waals surface area contributed by atoms with Gasteiger partial charge < -0.3 is 14.6 Å². The number of imidazole rings is 1. The molecule has 2 aromatic rings. The number of carbonyl (C=O) groups is 1. The summed E-state index contributed by atoms with van der Waals surface area (Å²) in [7, 11) is 0. The number of benzene rings is 1. The number of nitrogens with zero attached hydrogens (tertiary/aromatic N) is 2. The maximum Gasteiger partial charge on any atom is 0.229 e. The summed E-state index contributed by atoms with van der Waals surface area (Å²) in [5, 5.41) is 3.06. The van der Waals surface area contributed by atoms with E-state index in [1.165, 1.54) is 12.8 Å². The monoisotopic (exact) mass is 311 g/mol. The van der Waals surface area contributed by atoms with Gasteiger partial charge in [-0.05, 0) is 25.3 Å². The number of aryl methyl sites for hydroxylation is 2. The lowest BCUT2D eigenvalue weighted by Gasteiger charge is -2.12. The number of fused-ring (bicyclic) bond motifs is 1. The van der Waals surface area contributed by atoms with Gasteiger partial charge in [-0.1, -0.05) is 18.2 Å². The molecule has 5 nitrogen and oxygen atoms in total. The van der Waals surface area contributed by atoms with Crippen LogP contribution in [-0.2, 0) is 22.5 Å². The Morgan fingerprint density at radius 3 is 3.04 bits per heavy atom. The topological polar surface area (TPSA) is 56.2 Å². The number of hydrogen-bond acceptors (Lipinski definition) is 3. The van der Waals surface area contributed by atoms with E-state index in [0.29, 0.717) is 13.2 Å². The van der Waals surface area contributed by atoms with Crippen LogP contribution in [0.5, 0.6) is 0 Å². The van der Waals surface area contributed by atoms with Gasteiger partial charge in [0.1, 0.15) is 5.82 Å². The smallest absolute Gasteiger partial charge is 0.229 e. The molecule has 0 saturated carbocycles. The van der Waals surface area contributed by atoms with Crippen molar-refractivity contribution < 1.29 is 9.53 Å². The molecule has 4 rings (SSSR count). The molecule has 0 radical (unpaired) electrons. The van der Waals surface area contributed by atoms with E-state index < -0.39 is 0 Å². The molecule has 0 spiro atoms. The summed E-state index contributed by atoms with van der Waals surface area (Å²) in [5.74, 6) is 1.15. The van der Waals surface area contributed by atoms with E-state index in [0.717, 1.165) is 42.2 Å². The van der Waals surface area contributed by atoms with Crippen molar-refractivity contribution in [1.82, 2.24) is 9.55 Å². The molecule has 0 bridgehead atoms. The van der Waals surface area contributed by atoms with Gasteiger partial charge in [-0.2, -0.15) is 0 Å². The van der Waals surface area contributed by atoms with Gasteiger partial charge in [0.05, 0.1) is 23.9 Å². The zero-order chi connectivity index (χ0) is 15.6. The van der Waals surface area contributed by atoms with Crippen molar-refractivity contribution >= 4 is 11.6 Å². The van der Waals surface area contributed by atoms with E-state index in [2.05, 4.69) is 16.1 Å². The van der Waals surface area contributed by atoms with Gasteiger partial charge in [0, 0.05) is 31.3 Å². The SMILES string of the molecule is O=C(Nc1ccccc1-c1cn2c(n1)CCCC2)C1CCOC1. The number of carbonyl (C=O) groups excluding carboxylic acids is 1. The third-order valence-electron chi connectivity index (χ3n) is 4.67. The summed E-state index contributed by atoms with van der Waals surface area (Å²) in [4.78, 5) is 17.1. The fourth-order valence-electron chi connectivity index (χ4n) is 3.33. The fourth-order valence-corrected chi connectivity index (χ4v) is 3.33. The summed E-state index contributed by atoms with van der Waals surface area (Å²) in [6, 6.07) is 7.90. The molecule has 120 valence electrons. The summed E-state index contributed by atoms with van der Waals surface area (Å²) >= 11 is 0. The molecule has 1 N–H and O–H groups in total. The Balaban J connectivity index is 1.61. The van der Waals surface area contributed by atoms with Gasteiger partial charge in [-0.15, -0.1) is 0 Å². The largest absolute Gasteiger partial charge is 0.381 e. The minimum atomic E-state index is -0.0433. The standard InChI is InChI=1S/C18H21N3O2/c22-18(13-8-10-23-12-13)20-15-6-2-1-5-14(15)16-11-21-9-4-3-7-17(21)19-16/h1-2,5-6,11,13H,3-4,7-10,12H2,(H,20,22). The highest BCUT2D eigenvalue weighted by atomic mass is 16.5. The predicted octanol–water partition coefficient (Wildman–Crippen LogP) is 2.86. The predicted molar refractivity (Wildman–Crippen MR) is 88.2 cm³/mol. The van der Waals surface area contributed by atoms with Crippen molar-refractivity contribution in [3.63, 3.8) is 0 Å². The van der Waals surface area contributed by atoms with Crippen LogP contribution in [0.2, 0.25) is 0 Å². The van der Waals surface area contributed by atoms with Crippen molar-refractivity contribution in [3.05, 3.63) is 36.3 Å². The quantitative estimate of drug-likeness (QED) is 0.948. The maximum absolute atomic E-state index is 12.4. The first-order chi connectivity index (χ1) is 11.3. The molecule has 1 fully saturated rings. The van der Waals surface area contributed by atoms with E-state index in [9.17, 15) is 4.79 Å². The first-order valence-corrected chi connectivity index (χ1v) is 8.35. The molecule has 23 heavy (non-hydrogen) atoms. The van der Waals surface area contributed by atoms with Gasteiger partial charge in [-0.25, -0.2) is 4.98 Å². The molecule has 2 aliphatic rings. The average Bonchev–Trinajstić information content (AvgIpc) is 3.25. The Bertz CT molecular complexity index is 693. The first kappa shape index (κ1) is 14.5. The molecule has 1 aromatic carbocycles. The van der Waals surface area contributed by atoms with E-state index in [4.69, 9.17) is 9.72 Å². The van der Waals surface area contributed by atoms with Crippen molar-refractivity contribution in [2.24, 2.45) is 5.92 Å². The van der Waals surface area contributed by atoms with Gasteiger partial charge in [0.15, 0.2) is 0 Å². The minimum absolute atomic E-state index is 0.0407. The lowest BCUT2D eigenvalue weighted by Crippen LogP contribution is -2.23. The molecule has 1 unspecified atom stereocenters. The highest BCUT2D eigenvalue weighted by molar-refractivity contribution is 5.96. The lowest BCUT2D eigenvalue weighted by atomic mass is 10.1. The van der Waals surface area contributed by atoms with E-state index in [1.54, 1.807) is 0 Å². The van der Waals surface area contributed by atoms with Gasteiger partial charge in [0.2, 0.25) is 5.91 Å².